The molecule has 0 aliphatic carbocycles. The quantitative estimate of drug-likeness (QED) is 0.651. The zero-order valence-corrected chi connectivity index (χ0v) is 10.9. The van der Waals surface area contributed by atoms with Crippen LogP contribution in [-0.4, -0.2) is 57.4 Å². The van der Waals surface area contributed by atoms with Gasteiger partial charge in [0, 0.05) is 38.8 Å². The third kappa shape index (κ3) is 3.44. The van der Waals surface area contributed by atoms with Crippen molar-refractivity contribution in [1.82, 2.24) is 25.6 Å². The summed E-state index contributed by atoms with van der Waals surface area (Å²) in [4.78, 5) is 23.1. The zero-order valence-electron chi connectivity index (χ0n) is 10.9. The van der Waals surface area contributed by atoms with Gasteiger partial charge in [0.05, 0.1) is 12.7 Å². The Morgan fingerprint density at radius 1 is 1.40 bits per heavy atom. The Morgan fingerprint density at radius 3 is 2.75 bits per heavy atom. The summed E-state index contributed by atoms with van der Waals surface area (Å²) in [7, 11) is 0. The number of nitrogens with one attached hydrogen (secondary N) is 2. The van der Waals surface area contributed by atoms with Crippen LogP contribution < -0.4 is 10.6 Å². The highest BCUT2D eigenvalue weighted by molar-refractivity contribution is 5.86. The molecule has 0 saturated carbocycles. The van der Waals surface area contributed by atoms with Gasteiger partial charge in [0.2, 0.25) is 0 Å². The standard InChI is InChI=1S/C11H17N5O4/c17-9(18)11(1-7-20-8-2-11)14-10(19)12-3-5-16-6-4-13-15-16/h4,6H,1-3,5,7-8H2,(H,17,18)(H2,12,14,19). The summed E-state index contributed by atoms with van der Waals surface area (Å²) < 4.78 is 6.70. The lowest BCUT2D eigenvalue weighted by atomic mass is 9.90. The van der Waals surface area contributed by atoms with Gasteiger partial charge in [0.15, 0.2) is 0 Å². The van der Waals surface area contributed by atoms with Gasteiger partial charge in [-0.15, -0.1) is 5.10 Å². The van der Waals surface area contributed by atoms with Crippen molar-refractivity contribution in [1.29, 1.82) is 0 Å². The number of urea groups is 1. The lowest BCUT2D eigenvalue weighted by Gasteiger charge is -2.33. The number of amides is 2. The van der Waals surface area contributed by atoms with E-state index in [-0.39, 0.29) is 12.8 Å². The number of ether oxygens (including phenoxy) is 1. The van der Waals surface area contributed by atoms with E-state index < -0.39 is 17.5 Å². The molecule has 9 nitrogen and oxygen atoms in total. The van der Waals surface area contributed by atoms with E-state index in [9.17, 15) is 14.7 Å². The minimum atomic E-state index is -1.24. The van der Waals surface area contributed by atoms with Crippen LogP contribution in [0.4, 0.5) is 4.79 Å². The number of carboxylic acids is 1. The first-order valence-electron chi connectivity index (χ1n) is 6.34. The fraction of sp³-hybridized carbons (Fsp3) is 0.636. The minimum Gasteiger partial charge on any atom is -0.480 e. The largest absolute Gasteiger partial charge is 0.480 e. The molecule has 1 aliphatic heterocycles. The lowest BCUT2D eigenvalue weighted by Crippen LogP contribution is -2.59. The molecular formula is C11H17N5O4. The van der Waals surface area contributed by atoms with E-state index in [4.69, 9.17) is 4.74 Å². The van der Waals surface area contributed by atoms with Crippen LogP contribution in [0.15, 0.2) is 12.4 Å². The maximum atomic E-state index is 11.8. The first-order chi connectivity index (χ1) is 9.62. The molecule has 2 heterocycles. The summed E-state index contributed by atoms with van der Waals surface area (Å²) in [6.07, 6.45) is 3.75. The summed E-state index contributed by atoms with van der Waals surface area (Å²) in [6, 6.07) is -0.505. The zero-order chi connectivity index (χ0) is 14.4. The Balaban J connectivity index is 1.81. The van der Waals surface area contributed by atoms with Gasteiger partial charge >= 0.3 is 12.0 Å². The molecule has 9 heteroatoms. The predicted octanol–water partition coefficient (Wildman–Crippen LogP) is -0.789. The minimum absolute atomic E-state index is 0.263. The molecule has 0 bridgehead atoms. The van der Waals surface area contributed by atoms with Crippen LogP contribution in [0, 0.1) is 0 Å². The summed E-state index contributed by atoms with van der Waals surface area (Å²) in [5.74, 6) is -1.03. The van der Waals surface area contributed by atoms with Crippen molar-refractivity contribution in [2.45, 2.75) is 24.9 Å². The van der Waals surface area contributed by atoms with Gasteiger partial charge in [-0.25, -0.2) is 9.59 Å². The highest BCUT2D eigenvalue weighted by Crippen LogP contribution is 2.20. The SMILES string of the molecule is O=C(NCCn1ccnn1)NC1(C(=O)O)CCOCC1. The molecule has 1 aromatic rings. The molecule has 1 saturated heterocycles. The Bertz CT molecular complexity index is 455. The molecule has 2 amide bonds. The Kier molecular flexibility index (Phi) is 4.51. The first kappa shape index (κ1) is 14.3. The van der Waals surface area contributed by atoms with Gasteiger partial charge in [0.1, 0.15) is 5.54 Å². The Hall–Kier alpha value is -2.16. The van der Waals surface area contributed by atoms with E-state index in [1.54, 1.807) is 17.1 Å². The third-order valence-corrected chi connectivity index (χ3v) is 3.21. The van der Waals surface area contributed by atoms with Crippen LogP contribution in [0.5, 0.6) is 0 Å². The van der Waals surface area contributed by atoms with E-state index in [1.807, 2.05) is 0 Å². The molecule has 20 heavy (non-hydrogen) atoms. The van der Waals surface area contributed by atoms with Crippen molar-refractivity contribution in [2.24, 2.45) is 0 Å². The molecule has 0 aromatic carbocycles. The van der Waals surface area contributed by atoms with Gasteiger partial charge in [-0.3, -0.25) is 4.68 Å². The highest BCUT2D eigenvalue weighted by Gasteiger charge is 2.41. The maximum absolute atomic E-state index is 11.8. The molecule has 0 radical (unpaired) electrons. The van der Waals surface area contributed by atoms with Gasteiger partial charge in [0.25, 0.3) is 0 Å². The molecule has 0 atom stereocenters. The number of aromatic nitrogens is 3. The highest BCUT2D eigenvalue weighted by atomic mass is 16.5. The third-order valence-electron chi connectivity index (χ3n) is 3.21. The monoisotopic (exact) mass is 283 g/mol. The number of carbonyl (C=O) groups is 2. The summed E-state index contributed by atoms with van der Waals surface area (Å²) >= 11 is 0. The Morgan fingerprint density at radius 2 is 2.15 bits per heavy atom. The van der Waals surface area contributed by atoms with Gasteiger partial charge < -0.3 is 20.5 Å². The molecule has 3 N–H and O–H groups in total. The number of hydrogen-bond donors (Lipinski definition) is 3. The molecule has 1 aliphatic rings. The molecule has 1 fully saturated rings. The van der Waals surface area contributed by atoms with Crippen LogP contribution in [0.1, 0.15) is 12.8 Å². The number of rotatable bonds is 5. The van der Waals surface area contributed by atoms with E-state index >= 15 is 0 Å². The number of hydrogen-bond acceptors (Lipinski definition) is 5. The average molecular weight is 283 g/mol. The summed E-state index contributed by atoms with van der Waals surface area (Å²) in [6.45, 7) is 1.45. The van der Waals surface area contributed by atoms with Gasteiger partial charge in [-0.05, 0) is 0 Å². The van der Waals surface area contributed by atoms with E-state index in [2.05, 4.69) is 20.9 Å². The molecular weight excluding hydrogens is 266 g/mol. The van der Waals surface area contributed by atoms with Crippen LogP contribution >= 0.6 is 0 Å². The van der Waals surface area contributed by atoms with E-state index in [0.717, 1.165) is 0 Å². The fourth-order valence-electron chi connectivity index (χ4n) is 2.01. The van der Waals surface area contributed by atoms with Crippen LogP contribution in [-0.2, 0) is 16.1 Å². The van der Waals surface area contributed by atoms with Crippen molar-refractivity contribution in [3.8, 4) is 0 Å². The maximum Gasteiger partial charge on any atom is 0.329 e. The van der Waals surface area contributed by atoms with Crippen LogP contribution in [0.25, 0.3) is 0 Å². The van der Waals surface area contributed by atoms with Crippen molar-refractivity contribution in [3.05, 3.63) is 12.4 Å². The molecule has 1 aromatic heterocycles. The summed E-state index contributed by atoms with van der Waals surface area (Å²) in [5, 5.41) is 21.8. The number of carbonyl (C=O) groups excluding carboxylic acids is 1. The van der Waals surface area contributed by atoms with E-state index in [1.165, 1.54) is 0 Å². The van der Waals surface area contributed by atoms with Crippen LogP contribution in [0.3, 0.4) is 0 Å². The normalized spacial score (nSPS) is 17.4. The number of aliphatic carboxylic acids is 1. The lowest BCUT2D eigenvalue weighted by molar-refractivity contribution is -0.148. The topological polar surface area (TPSA) is 118 Å². The second-order valence-corrected chi connectivity index (χ2v) is 4.55. The van der Waals surface area contributed by atoms with Crippen molar-refractivity contribution in [3.63, 3.8) is 0 Å². The summed E-state index contributed by atoms with van der Waals surface area (Å²) in [5.41, 5.74) is -1.24. The molecule has 0 spiro atoms. The number of carboxylic acid groups (broad SMARTS) is 1. The second kappa shape index (κ2) is 6.33. The van der Waals surface area contributed by atoms with Crippen molar-refractivity contribution < 1.29 is 19.4 Å². The van der Waals surface area contributed by atoms with Gasteiger partial charge in [-0.2, -0.15) is 0 Å². The number of nitrogens with zero attached hydrogens (tertiary/aromatic N) is 3. The fourth-order valence-corrected chi connectivity index (χ4v) is 2.01. The van der Waals surface area contributed by atoms with Crippen molar-refractivity contribution >= 4 is 12.0 Å². The van der Waals surface area contributed by atoms with E-state index in [0.29, 0.717) is 26.3 Å². The molecule has 110 valence electrons. The average Bonchev–Trinajstić information content (AvgIpc) is 2.93. The Labute approximate surface area is 115 Å². The molecule has 2 rings (SSSR count). The second-order valence-electron chi connectivity index (χ2n) is 4.55. The molecule has 0 unspecified atom stereocenters. The van der Waals surface area contributed by atoms with Crippen LogP contribution in [0.2, 0.25) is 0 Å². The smallest absolute Gasteiger partial charge is 0.329 e. The predicted molar refractivity (Wildman–Crippen MR) is 67.0 cm³/mol. The first-order valence-corrected chi connectivity index (χ1v) is 6.34. The van der Waals surface area contributed by atoms with Crippen molar-refractivity contribution in [2.75, 3.05) is 19.8 Å². The van der Waals surface area contributed by atoms with Gasteiger partial charge in [-0.1, -0.05) is 5.21 Å².